The van der Waals surface area contributed by atoms with Crippen LogP contribution in [0.15, 0.2) is 23.6 Å². The first-order valence-corrected chi connectivity index (χ1v) is 7.08. The second kappa shape index (κ2) is 6.03. The number of alkyl halides is 3. The molecule has 0 fully saturated rings. The zero-order valence-electron chi connectivity index (χ0n) is 10.7. The Bertz CT molecular complexity index is 670. The highest BCUT2D eigenvalue weighted by Crippen LogP contribution is 2.37. The maximum atomic E-state index is 12.8. The van der Waals surface area contributed by atoms with Crippen molar-refractivity contribution in [3.63, 3.8) is 0 Å². The second-order valence-electron chi connectivity index (χ2n) is 3.95. The summed E-state index contributed by atoms with van der Waals surface area (Å²) in [6.07, 6.45) is -4.55. The fraction of sp³-hybridized carbons (Fsp3) is 0.231. The molecule has 1 aromatic carbocycles. The van der Waals surface area contributed by atoms with E-state index in [1.54, 1.807) is 6.92 Å². The Morgan fingerprint density at radius 2 is 2.14 bits per heavy atom. The Morgan fingerprint density at radius 1 is 1.43 bits per heavy atom. The molecule has 0 bridgehead atoms. The van der Waals surface area contributed by atoms with Crippen molar-refractivity contribution in [1.82, 2.24) is 4.98 Å². The predicted octanol–water partition coefficient (Wildman–Crippen LogP) is 4.66. The van der Waals surface area contributed by atoms with E-state index in [9.17, 15) is 18.0 Å². The van der Waals surface area contributed by atoms with Crippen molar-refractivity contribution in [3.8, 4) is 10.6 Å². The summed E-state index contributed by atoms with van der Waals surface area (Å²) in [5, 5.41) is 1.35. The summed E-state index contributed by atoms with van der Waals surface area (Å²) in [7, 11) is 0. The molecule has 8 heteroatoms. The summed E-state index contributed by atoms with van der Waals surface area (Å²) in [5.74, 6) is -0.606. The van der Waals surface area contributed by atoms with E-state index >= 15 is 0 Å². The molecular weight excluding hydrogens is 327 g/mol. The van der Waals surface area contributed by atoms with Gasteiger partial charge in [-0.3, -0.25) is 0 Å². The number of thiazole rings is 1. The number of benzene rings is 1. The van der Waals surface area contributed by atoms with Gasteiger partial charge in [0.05, 0.1) is 17.2 Å². The van der Waals surface area contributed by atoms with Crippen LogP contribution in [0.3, 0.4) is 0 Å². The van der Waals surface area contributed by atoms with Gasteiger partial charge in [-0.2, -0.15) is 13.2 Å². The normalized spacial score (nSPS) is 11.5. The van der Waals surface area contributed by atoms with E-state index in [4.69, 9.17) is 16.3 Å². The standard InChI is InChI=1S/C13H9ClF3NO2S/c1-2-20-12(19)10-6-21-11(18-10)7-3-4-9(14)8(5-7)13(15,16)17/h3-6H,2H2,1H3. The van der Waals surface area contributed by atoms with E-state index in [0.717, 1.165) is 23.5 Å². The zero-order valence-corrected chi connectivity index (χ0v) is 12.3. The van der Waals surface area contributed by atoms with Crippen LogP contribution in [0.5, 0.6) is 0 Å². The van der Waals surface area contributed by atoms with Crippen LogP contribution in [0.4, 0.5) is 13.2 Å². The molecule has 0 unspecified atom stereocenters. The summed E-state index contributed by atoms with van der Waals surface area (Å²) in [6.45, 7) is 1.85. The first kappa shape index (κ1) is 15.8. The van der Waals surface area contributed by atoms with E-state index in [-0.39, 0.29) is 22.9 Å². The number of carbonyl (C=O) groups is 1. The summed E-state index contributed by atoms with van der Waals surface area (Å²) in [5.41, 5.74) is -0.623. The number of hydrogen-bond donors (Lipinski definition) is 0. The van der Waals surface area contributed by atoms with Crippen molar-refractivity contribution in [1.29, 1.82) is 0 Å². The molecule has 1 aromatic heterocycles. The van der Waals surface area contributed by atoms with Gasteiger partial charge < -0.3 is 4.74 Å². The van der Waals surface area contributed by atoms with Gasteiger partial charge in [-0.05, 0) is 19.1 Å². The molecule has 0 amide bonds. The molecule has 1 heterocycles. The van der Waals surface area contributed by atoms with E-state index in [2.05, 4.69) is 4.98 Å². The van der Waals surface area contributed by atoms with E-state index in [0.29, 0.717) is 5.01 Å². The second-order valence-corrected chi connectivity index (χ2v) is 5.22. The third kappa shape index (κ3) is 3.54. The SMILES string of the molecule is CCOC(=O)c1csc(-c2ccc(Cl)c(C(F)(F)F)c2)n1. The fourth-order valence-corrected chi connectivity index (χ4v) is 2.59. The fourth-order valence-electron chi connectivity index (χ4n) is 1.58. The van der Waals surface area contributed by atoms with Crippen LogP contribution >= 0.6 is 22.9 Å². The van der Waals surface area contributed by atoms with Crippen LogP contribution < -0.4 is 0 Å². The van der Waals surface area contributed by atoms with Gasteiger partial charge in [-0.25, -0.2) is 9.78 Å². The smallest absolute Gasteiger partial charge is 0.417 e. The lowest BCUT2D eigenvalue weighted by molar-refractivity contribution is -0.137. The maximum Gasteiger partial charge on any atom is 0.417 e. The number of nitrogens with zero attached hydrogens (tertiary/aromatic N) is 1. The molecule has 21 heavy (non-hydrogen) atoms. The van der Waals surface area contributed by atoms with Gasteiger partial charge in [0.2, 0.25) is 0 Å². The molecule has 2 rings (SSSR count). The molecule has 0 aliphatic rings. The highest BCUT2D eigenvalue weighted by atomic mass is 35.5. The van der Waals surface area contributed by atoms with Crippen molar-refractivity contribution < 1.29 is 22.7 Å². The molecule has 0 aliphatic carbocycles. The molecule has 0 saturated heterocycles. The van der Waals surface area contributed by atoms with Gasteiger partial charge in [0.1, 0.15) is 5.01 Å². The molecule has 0 radical (unpaired) electrons. The first-order valence-electron chi connectivity index (χ1n) is 5.82. The maximum absolute atomic E-state index is 12.8. The zero-order chi connectivity index (χ0) is 15.6. The number of rotatable bonds is 3. The lowest BCUT2D eigenvalue weighted by Crippen LogP contribution is -2.06. The van der Waals surface area contributed by atoms with Crippen LogP contribution in [-0.4, -0.2) is 17.6 Å². The molecule has 112 valence electrons. The molecule has 2 aromatic rings. The van der Waals surface area contributed by atoms with Gasteiger partial charge in [-0.15, -0.1) is 11.3 Å². The lowest BCUT2D eigenvalue weighted by atomic mass is 10.1. The Morgan fingerprint density at radius 3 is 2.76 bits per heavy atom. The van der Waals surface area contributed by atoms with Crippen LogP contribution in [0.1, 0.15) is 23.0 Å². The minimum Gasteiger partial charge on any atom is -0.461 e. The molecule has 0 aliphatic heterocycles. The Balaban J connectivity index is 2.37. The Kier molecular flexibility index (Phi) is 4.53. The van der Waals surface area contributed by atoms with Crippen molar-refractivity contribution in [3.05, 3.63) is 39.9 Å². The molecule has 3 nitrogen and oxygen atoms in total. The van der Waals surface area contributed by atoms with Gasteiger partial charge in [0.15, 0.2) is 5.69 Å². The highest BCUT2D eigenvalue weighted by molar-refractivity contribution is 7.13. The first-order chi connectivity index (χ1) is 9.82. The average molecular weight is 336 g/mol. The van der Waals surface area contributed by atoms with Crippen molar-refractivity contribution in [2.24, 2.45) is 0 Å². The van der Waals surface area contributed by atoms with Gasteiger partial charge in [-0.1, -0.05) is 17.7 Å². The summed E-state index contributed by atoms with van der Waals surface area (Å²) >= 11 is 6.61. The number of aromatic nitrogens is 1. The van der Waals surface area contributed by atoms with Crippen molar-refractivity contribution in [2.45, 2.75) is 13.1 Å². The number of halogens is 4. The largest absolute Gasteiger partial charge is 0.461 e. The van der Waals surface area contributed by atoms with Gasteiger partial charge in [0.25, 0.3) is 0 Å². The number of carbonyl (C=O) groups excluding carboxylic acids is 1. The van der Waals surface area contributed by atoms with Gasteiger partial charge in [0, 0.05) is 10.9 Å². The Labute approximate surface area is 127 Å². The lowest BCUT2D eigenvalue weighted by Gasteiger charge is -2.09. The van der Waals surface area contributed by atoms with Crippen LogP contribution in [0.25, 0.3) is 10.6 Å². The number of esters is 1. The third-order valence-electron chi connectivity index (χ3n) is 2.51. The molecule has 0 N–H and O–H groups in total. The molecule has 0 atom stereocenters. The predicted molar refractivity (Wildman–Crippen MR) is 73.5 cm³/mol. The quantitative estimate of drug-likeness (QED) is 0.766. The minimum absolute atomic E-state index is 0.0698. The van der Waals surface area contributed by atoms with Crippen molar-refractivity contribution >= 4 is 28.9 Å². The third-order valence-corrected chi connectivity index (χ3v) is 3.73. The highest BCUT2D eigenvalue weighted by Gasteiger charge is 2.33. The summed E-state index contributed by atoms with van der Waals surface area (Å²) < 4.78 is 43.2. The van der Waals surface area contributed by atoms with E-state index < -0.39 is 17.7 Å². The minimum atomic E-state index is -4.55. The summed E-state index contributed by atoms with van der Waals surface area (Å²) in [4.78, 5) is 15.5. The van der Waals surface area contributed by atoms with Crippen LogP contribution in [0, 0.1) is 0 Å². The van der Waals surface area contributed by atoms with Crippen LogP contribution in [-0.2, 0) is 10.9 Å². The molecule has 0 saturated carbocycles. The average Bonchev–Trinajstić information content (AvgIpc) is 2.88. The number of ether oxygens (including phenoxy) is 1. The van der Waals surface area contributed by atoms with Crippen molar-refractivity contribution in [2.75, 3.05) is 6.61 Å². The monoisotopic (exact) mass is 335 g/mol. The van der Waals surface area contributed by atoms with E-state index in [1.165, 1.54) is 11.4 Å². The molecular formula is C13H9ClF3NO2S. The topological polar surface area (TPSA) is 39.2 Å². The number of hydrogen-bond acceptors (Lipinski definition) is 4. The molecule has 0 spiro atoms. The summed E-state index contributed by atoms with van der Waals surface area (Å²) in [6, 6.07) is 3.49. The van der Waals surface area contributed by atoms with E-state index in [1.807, 2.05) is 0 Å². The van der Waals surface area contributed by atoms with Crippen LogP contribution in [0.2, 0.25) is 5.02 Å². The Hall–Kier alpha value is -1.60. The van der Waals surface area contributed by atoms with Gasteiger partial charge >= 0.3 is 12.1 Å².